The summed E-state index contributed by atoms with van der Waals surface area (Å²) in [4.78, 5) is 0. The predicted octanol–water partition coefficient (Wildman–Crippen LogP) is 8.63. The minimum atomic E-state index is 0.569. The molecule has 0 aliphatic carbocycles. The Bertz CT molecular complexity index is 1260. The molecule has 0 spiro atoms. The quantitative estimate of drug-likeness (QED) is 0.261. The van der Waals surface area contributed by atoms with E-state index >= 15 is 0 Å². The maximum Gasteiger partial charge on any atom is 0.0598 e. The van der Waals surface area contributed by atoms with Crippen LogP contribution in [0.2, 0.25) is 10.0 Å². The first kappa shape index (κ1) is 17.3. The third-order valence-corrected chi connectivity index (χ3v) is 5.94. The van der Waals surface area contributed by atoms with Gasteiger partial charge in [-0.25, -0.2) is 0 Å². The van der Waals surface area contributed by atoms with Gasteiger partial charge in [0.05, 0.1) is 10.0 Å². The van der Waals surface area contributed by atoms with E-state index in [1.165, 1.54) is 38.2 Å². The van der Waals surface area contributed by atoms with E-state index < -0.39 is 0 Å². The number of halogens is 2. The van der Waals surface area contributed by atoms with Crippen molar-refractivity contribution in [3.63, 3.8) is 0 Å². The molecule has 0 nitrogen and oxygen atoms in total. The van der Waals surface area contributed by atoms with Crippen LogP contribution >= 0.6 is 23.2 Å². The number of benzene rings is 5. The van der Waals surface area contributed by atoms with Crippen molar-refractivity contribution in [2.24, 2.45) is 0 Å². The monoisotopic (exact) mass is 398 g/mol. The van der Waals surface area contributed by atoms with E-state index in [9.17, 15) is 0 Å². The van der Waals surface area contributed by atoms with Crippen LogP contribution in [-0.2, 0) is 0 Å². The molecule has 0 N–H and O–H groups in total. The molecule has 0 unspecified atom stereocenters. The van der Waals surface area contributed by atoms with Crippen molar-refractivity contribution >= 4 is 44.7 Å². The third kappa shape index (κ3) is 2.77. The van der Waals surface area contributed by atoms with E-state index in [4.69, 9.17) is 23.2 Å². The molecule has 5 aromatic rings. The molecule has 0 heterocycles. The van der Waals surface area contributed by atoms with Gasteiger partial charge in [0.2, 0.25) is 0 Å². The summed E-state index contributed by atoms with van der Waals surface area (Å²) in [5.41, 5.74) is 4.73. The van der Waals surface area contributed by atoms with E-state index in [0.29, 0.717) is 10.0 Å². The molecular weight excluding hydrogens is 383 g/mol. The van der Waals surface area contributed by atoms with Crippen molar-refractivity contribution in [3.8, 4) is 22.3 Å². The topological polar surface area (TPSA) is 0 Å². The van der Waals surface area contributed by atoms with Gasteiger partial charge in [0.1, 0.15) is 0 Å². The molecular formula is C26H16Cl2. The summed E-state index contributed by atoms with van der Waals surface area (Å²) in [6, 6.07) is 33.6. The lowest BCUT2D eigenvalue weighted by Gasteiger charge is -2.17. The van der Waals surface area contributed by atoms with Gasteiger partial charge in [0.25, 0.3) is 0 Å². The largest absolute Gasteiger partial charge is 0.0827 e. The van der Waals surface area contributed by atoms with Gasteiger partial charge in [-0.05, 0) is 55.9 Å². The van der Waals surface area contributed by atoms with Crippen LogP contribution in [0.5, 0.6) is 0 Å². The lowest BCUT2D eigenvalue weighted by Crippen LogP contribution is -1.90. The summed E-state index contributed by atoms with van der Waals surface area (Å²) in [6.45, 7) is 0. The Kier molecular flexibility index (Phi) is 4.31. The summed E-state index contributed by atoms with van der Waals surface area (Å²) in [6.07, 6.45) is 0. The zero-order chi connectivity index (χ0) is 19.1. The van der Waals surface area contributed by atoms with Crippen LogP contribution in [0.25, 0.3) is 43.8 Å². The molecule has 0 atom stereocenters. The second-order valence-corrected chi connectivity index (χ2v) is 7.65. The lowest BCUT2D eigenvalue weighted by atomic mass is 9.86. The van der Waals surface area contributed by atoms with Crippen molar-refractivity contribution in [2.45, 2.75) is 0 Å². The van der Waals surface area contributed by atoms with E-state index in [1.807, 2.05) is 18.2 Å². The standard InChI is InChI=1S/C26H16Cl2/c27-23-15-14-18(16-24(23)28)26-21-12-6-4-10-19(21)25(17-8-2-1-3-9-17)20-11-5-7-13-22(20)26/h1-16H. The first-order valence-electron chi connectivity index (χ1n) is 9.18. The maximum atomic E-state index is 6.36. The molecule has 0 saturated carbocycles. The van der Waals surface area contributed by atoms with E-state index in [0.717, 1.165) is 5.56 Å². The summed E-state index contributed by atoms with van der Waals surface area (Å²) >= 11 is 12.5. The Labute approximate surface area is 174 Å². The minimum Gasteiger partial charge on any atom is -0.0827 e. The van der Waals surface area contributed by atoms with Gasteiger partial charge in [-0.1, -0.05) is 108 Å². The highest BCUT2D eigenvalue weighted by Crippen LogP contribution is 2.44. The molecule has 0 amide bonds. The fourth-order valence-corrected chi connectivity index (χ4v) is 4.30. The van der Waals surface area contributed by atoms with Gasteiger partial charge >= 0.3 is 0 Å². The summed E-state index contributed by atoms with van der Waals surface area (Å²) < 4.78 is 0. The van der Waals surface area contributed by atoms with Crippen LogP contribution in [0.4, 0.5) is 0 Å². The second kappa shape index (κ2) is 6.98. The first-order chi connectivity index (χ1) is 13.7. The molecule has 0 radical (unpaired) electrons. The number of hydrogen-bond acceptors (Lipinski definition) is 0. The Hall–Kier alpha value is -2.80. The molecule has 0 aliphatic rings. The van der Waals surface area contributed by atoms with Crippen LogP contribution in [0, 0.1) is 0 Å². The van der Waals surface area contributed by atoms with Crippen molar-refractivity contribution in [1.82, 2.24) is 0 Å². The van der Waals surface area contributed by atoms with Gasteiger partial charge in [-0.3, -0.25) is 0 Å². The Morgan fingerprint density at radius 2 is 0.857 bits per heavy atom. The fraction of sp³-hybridized carbons (Fsp3) is 0. The smallest absolute Gasteiger partial charge is 0.0598 e. The molecule has 0 aliphatic heterocycles. The molecule has 2 heteroatoms. The summed E-state index contributed by atoms with van der Waals surface area (Å²) in [5, 5.41) is 6.01. The number of fused-ring (bicyclic) bond motifs is 2. The van der Waals surface area contributed by atoms with Crippen molar-refractivity contribution < 1.29 is 0 Å². The molecule has 134 valence electrons. The number of rotatable bonds is 2. The van der Waals surface area contributed by atoms with E-state index in [-0.39, 0.29) is 0 Å². The minimum absolute atomic E-state index is 0.569. The molecule has 28 heavy (non-hydrogen) atoms. The normalized spacial score (nSPS) is 11.2. The van der Waals surface area contributed by atoms with Crippen LogP contribution in [0.1, 0.15) is 0 Å². The Morgan fingerprint density at radius 3 is 1.36 bits per heavy atom. The Morgan fingerprint density at radius 1 is 0.393 bits per heavy atom. The molecule has 0 aromatic heterocycles. The van der Waals surface area contributed by atoms with Crippen LogP contribution < -0.4 is 0 Å². The Balaban J connectivity index is 1.99. The fourth-order valence-electron chi connectivity index (χ4n) is 4.01. The van der Waals surface area contributed by atoms with Crippen LogP contribution in [0.3, 0.4) is 0 Å². The van der Waals surface area contributed by atoms with E-state index in [1.54, 1.807) is 0 Å². The zero-order valence-corrected chi connectivity index (χ0v) is 16.5. The predicted molar refractivity (Wildman–Crippen MR) is 122 cm³/mol. The zero-order valence-electron chi connectivity index (χ0n) is 15.0. The highest BCUT2D eigenvalue weighted by atomic mass is 35.5. The SMILES string of the molecule is Clc1ccc(-c2c3ccccc3c(-c3ccccc3)c3ccccc23)cc1Cl. The number of hydrogen-bond donors (Lipinski definition) is 0. The van der Waals surface area contributed by atoms with Crippen LogP contribution in [0.15, 0.2) is 97.1 Å². The average Bonchev–Trinajstić information content (AvgIpc) is 2.74. The molecule has 5 aromatic carbocycles. The van der Waals surface area contributed by atoms with E-state index in [2.05, 4.69) is 78.9 Å². The van der Waals surface area contributed by atoms with Gasteiger partial charge < -0.3 is 0 Å². The molecule has 0 fully saturated rings. The second-order valence-electron chi connectivity index (χ2n) is 6.84. The molecule has 0 saturated heterocycles. The van der Waals surface area contributed by atoms with Crippen molar-refractivity contribution in [1.29, 1.82) is 0 Å². The maximum absolute atomic E-state index is 6.36. The summed E-state index contributed by atoms with van der Waals surface area (Å²) in [7, 11) is 0. The van der Waals surface area contributed by atoms with Crippen LogP contribution in [-0.4, -0.2) is 0 Å². The highest BCUT2D eigenvalue weighted by molar-refractivity contribution is 6.42. The first-order valence-corrected chi connectivity index (χ1v) is 9.94. The van der Waals surface area contributed by atoms with Gasteiger partial charge in [0.15, 0.2) is 0 Å². The molecule has 5 rings (SSSR count). The van der Waals surface area contributed by atoms with Gasteiger partial charge in [-0.2, -0.15) is 0 Å². The van der Waals surface area contributed by atoms with Gasteiger partial charge in [0, 0.05) is 0 Å². The highest BCUT2D eigenvalue weighted by Gasteiger charge is 2.16. The molecule has 0 bridgehead atoms. The third-order valence-electron chi connectivity index (χ3n) is 5.20. The lowest BCUT2D eigenvalue weighted by molar-refractivity contribution is 1.65. The van der Waals surface area contributed by atoms with Crippen molar-refractivity contribution in [3.05, 3.63) is 107 Å². The average molecular weight is 399 g/mol. The van der Waals surface area contributed by atoms with Gasteiger partial charge in [-0.15, -0.1) is 0 Å². The van der Waals surface area contributed by atoms with Crippen molar-refractivity contribution in [2.75, 3.05) is 0 Å². The summed E-state index contributed by atoms with van der Waals surface area (Å²) in [5.74, 6) is 0.